The maximum atomic E-state index is 6.18. The van der Waals surface area contributed by atoms with Gasteiger partial charge in [-0.05, 0) is 65.4 Å². The molecule has 0 saturated carbocycles. The maximum absolute atomic E-state index is 6.18. The Hall–Kier alpha value is -1.49. The largest absolute Gasteiger partial charge is 0.497 e. The van der Waals surface area contributed by atoms with E-state index in [4.69, 9.17) is 10.5 Å². The van der Waals surface area contributed by atoms with Gasteiger partial charge in [0.1, 0.15) is 11.6 Å². The van der Waals surface area contributed by atoms with E-state index < -0.39 is 0 Å². The zero-order valence-electron chi connectivity index (χ0n) is 11.7. The highest BCUT2D eigenvalue weighted by Crippen LogP contribution is 2.37. The van der Waals surface area contributed by atoms with E-state index in [-0.39, 0.29) is 6.04 Å². The summed E-state index contributed by atoms with van der Waals surface area (Å²) in [6.45, 7) is 1.96. The van der Waals surface area contributed by atoms with Crippen molar-refractivity contribution in [2.45, 2.75) is 32.2 Å². The van der Waals surface area contributed by atoms with Crippen molar-refractivity contribution in [1.29, 1.82) is 0 Å². The highest BCUT2D eigenvalue weighted by molar-refractivity contribution is 9.10. The maximum Gasteiger partial charge on any atom is 0.137 e. The summed E-state index contributed by atoms with van der Waals surface area (Å²) in [6.07, 6.45) is 3.31. The van der Waals surface area contributed by atoms with Crippen molar-refractivity contribution in [3.8, 4) is 5.75 Å². The van der Waals surface area contributed by atoms with Crippen molar-refractivity contribution in [1.82, 2.24) is 9.78 Å². The number of nitrogens with two attached hydrogens (primary N) is 1. The lowest BCUT2D eigenvalue weighted by Crippen LogP contribution is -2.20. The fraction of sp³-hybridized carbons (Fsp3) is 0.400. The van der Waals surface area contributed by atoms with Crippen LogP contribution in [0.5, 0.6) is 5.75 Å². The van der Waals surface area contributed by atoms with Gasteiger partial charge in [0.2, 0.25) is 0 Å². The number of benzene rings is 1. The van der Waals surface area contributed by atoms with Crippen molar-refractivity contribution < 1.29 is 4.74 Å². The van der Waals surface area contributed by atoms with E-state index in [1.165, 1.54) is 11.1 Å². The van der Waals surface area contributed by atoms with E-state index in [2.05, 4.69) is 33.2 Å². The molecule has 0 amide bonds. The van der Waals surface area contributed by atoms with Gasteiger partial charge >= 0.3 is 0 Å². The molecular formula is C15H18BrN3O. The molecule has 0 spiro atoms. The minimum atomic E-state index is 0.193. The van der Waals surface area contributed by atoms with Crippen LogP contribution in [-0.2, 0) is 6.42 Å². The molecule has 0 bridgehead atoms. The zero-order chi connectivity index (χ0) is 14.3. The number of hydrogen-bond donors (Lipinski definition) is 1. The molecule has 3 rings (SSSR count). The lowest BCUT2D eigenvalue weighted by molar-refractivity contribution is 0.408. The van der Waals surface area contributed by atoms with Gasteiger partial charge in [-0.3, -0.25) is 0 Å². The molecule has 4 nitrogen and oxygen atoms in total. The minimum absolute atomic E-state index is 0.193. The summed E-state index contributed by atoms with van der Waals surface area (Å²) in [4.78, 5) is 0. The molecule has 0 aliphatic heterocycles. The number of nitrogens with zero attached hydrogens (tertiary/aromatic N) is 2. The average Bonchev–Trinajstić information content (AvgIpc) is 2.73. The fourth-order valence-corrected chi connectivity index (χ4v) is 3.18. The lowest BCUT2D eigenvalue weighted by atomic mass is 9.87. The summed E-state index contributed by atoms with van der Waals surface area (Å²) in [6, 6.07) is 6.49. The first-order chi connectivity index (χ1) is 9.61. The van der Waals surface area contributed by atoms with Gasteiger partial charge < -0.3 is 10.5 Å². The predicted molar refractivity (Wildman–Crippen MR) is 83.1 cm³/mol. The average molecular weight is 336 g/mol. The molecule has 1 aromatic heterocycles. The molecule has 1 unspecified atom stereocenters. The second-order valence-electron chi connectivity index (χ2n) is 5.20. The van der Waals surface area contributed by atoms with Gasteiger partial charge in [-0.2, -0.15) is 5.10 Å². The summed E-state index contributed by atoms with van der Waals surface area (Å²) >= 11 is 3.50. The summed E-state index contributed by atoms with van der Waals surface area (Å²) in [5, 5.41) is 4.59. The summed E-state index contributed by atoms with van der Waals surface area (Å²) < 4.78 is 8.19. The third kappa shape index (κ3) is 2.10. The Morgan fingerprint density at radius 3 is 2.90 bits per heavy atom. The van der Waals surface area contributed by atoms with E-state index in [1.54, 1.807) is 7.11 Å². The Morgan fingerprint density at radius 2 is 2.25 bits per heavy atom. The zero-order valence-corrected chi connectivity index (χ0v) is 13.3. The highest BCUT2D eigenvalue weighted by Gasteiger charge is 2.25. The van der Waals surface area contributed by atoms with Crippen molar-refractivity contribution in [3.05, 3.63) is 39.5 Å². The van der Waals surface area contributed by atoms with Crippen LogP contribution in [-0.4, -0.2) is 16.9 Å². The third-order valence-electron chi connectivity index (χ3n) is 3.98. The Bertz CT molecular complexity index is 651. The quantitative estimate of drug-likeness (QED) is 0.914. The second kappa shape index (κ2) is 5.13. The van der Waals surface area contributed by atoms with Crippen molar-refractivity contribution in [2.75, 3.05) is 12.8 Å². The van der Waals surface area contributed by atoms with Crippen LogP contribution in [0, 0.1) is 6.92 Å². The van der Waals surface area contributed by atoms with Crippen LogP contribution in [0.25, 0.3) is 0 Å². The number of anilines is 1. The number of halogens is 1. The SMILES string of the molecule is COc1ccc2c(c1)C(n1nc(C)c(Br)c1N)CCC2. The van der Waals surface area contributed by atoms with Crippen LogP contribution in [0.1, 0.15) is 35.7 Å². The van der Waals surface area contributed by atoms with Crippen LogP contribution in [0.2, 0.25) is 0 Å². The van der Waals surface area contributed by atoms with Crippen LogP contribution in [0.3, 0.4) is 0 Å². The van der Waals surface area contributed by atoms with Crippen LogP contribution in [0.15, 0.2) is 22.7 Å². The fourth-order valence-electron chi connectivity index (χ4n) is 2.92. The van der Waals surface area contributed by atoms with Crippen LogP contribution < -0.4 is 10.5 Å². The van der Waals surface area contributed by atoms with E-state index in [1.807, 2.05) is 17.7 Å². The summed E-state index contributed by atoms with van der Waals surface area (Å²) in [7, 11) is 1.70. The minimum Gasteiger partial charge on any atom is -0.497 e. The number of fused-ring (bicyclic) bond motifs is 1. The number of rotatable bonds is 2. The molecule has 1 aliphatic carbocycles. The van der Waals surface area contributed by atoms with Crippen LogP contribution >= 0.6 is 15.9 Å². The van der Waals surface area contributed by atoms with Crippen LogP contribution in [0.4, 0.5) is 5.82 Å². The second-order valence-corrected chi connectivity index (χ2v) is 5.99. The van der Waals surface area contributed by atoms with Gasteiger partial charge in [0, 0.05) is 0 Å². The first-order valence-corrected chi connectivity index (χ1v) is 7.58. The number of ether oxygens (including phenoxy) is 1. The van der Waals surface area contributed by atoms with Gasteiger partial charge in [0.25, 0.3) is 0 Å². The number of methoxy groups -OCH3 is 1. The predicted octanol–water partition coefficient (Wildman–Crippen LogP) is 3.47. The normalized spacial score (nSPS) is 17.9. The summed E-state index contributed by atoms with van der Waals surface area (Å²) in [5.74, 6) is 1.58. The smallest absolute Gasteiger partial charge is 0.137 e. The molecule has 106 valence electrons. The van der Waals surface area contributed by atoms with Gasteiger partial charge in [0.05, 0.1) is 23.3 Å². The molecule has 1 aliphatic rings. The van der Waals surface area contributed by atoms with Gasteiger partial charge in [-0.15, -0.1) is 0 Å². The molecule has 0 radical (unpaired) electrons. The van der Waals surface area contributed by atoms with Gasteiger partial charge in [-0.25, -0.2) is 4.68 Å². The number of aromatic nitrogens is 2. The van der Waals surface area contributed by atoms with Crippen molar-refractivity contribution >= 4 is 21.7 Å². The Kier molecular flexibility index (Phi) is 3.46. The Balaban J connectivity index is 2.11. The van der Waals surface area contributed by atoms with Gasteiger partial charge in [-0.1, -0.05) is 6.07 Å². The Morgan fingerprint density at radius 1 is 1.45 bits per heavy atom. The van der Waals surface area contributed by atoms with E-state index in [9.17, 15) is 0 Å². The molecular weight excluding hydrogens is 318 g/mol. The van der Waals surface area contributed by atoms with E-state index in [0.29, 0.717) is 5.82 Å². The Labute approximate surface area is 127 Å². The molecule has 1 aromatic carbocycles. The standard InChI is InChI=1S/C15H18BrN3O/c1-9-14(16)15(17)19(18-9)13-5-3-4-10-6-7-11(20-2)8-12(10)13/h6-8,13H,3-5,17H2,1-2H3. The number of hydrogen-bond acceptors (Lipinski definition) is 3. The topological polar surface area (TPSA) is 53.1 Å². The molecule has 2 aromatic rings. The number of aryl methyl sites for hydroxylation is 2. The molecule has 1 heterocycles. The first kappa shape index (κ1) is 13.5. The lowest BCUT2D eigenvalue weighted by Gasteiger charge is -2.27. The molecule has 1 atom stereocenters. The molecule has 5 heteroatoms. The molecule has 2 N–H and O–H groups in total. The monoisotopic (exact) mass is 335 g/mol. The van der Waals surface area contributed by atoms with Crippen molar-refractivity contribution in [2.24, 2.45) is 0 Å². The molecule has 0 saturated heterocycles. The molecule has 0 fully saturated rings. The van der Waals surface area contributed by atoms with Crippen molar-refractivity contribution in [3.63, 3.8) is 0 Å². The summed E-state index contributed by atoms with van der Waals surface area (Å²) in [5.41, 5.74) is 9.75. The number of nitrogen functional groups attached to an aromatic ring is 1. The third-order valence-corrected chi connectivity index (χ3v) is 4.96. The van der Waals surface area contributed by atoms with E-state index in [0.717, 1.165) is 35.2 Å². The highest BCUT2D eigenvalue weighted by atomic mass is 79.9. The van der Waals surface area contributed by atoms with Gasteiger partial charge in [0.15, 0.2) is 0 Å². The van der Waals surface area contributed by atoms with E-state index >= 15 is 0 Å². The first-order valence-electron chi connectivity index (χ1n) is 6.78. The molecule has 20 heavy (non-hydrogen) atoms.